The minimum absolute atomic E-state index is 0.0858. The van der Waals surface area contributed by atoms with Gasteiger partial charge >= 0.3 is 0 Å². The zero-order valence-electron chi connectivity index (χ0n) is 13.0. The average molecular weight is 290 g/mol. The Morgan fingerprint density at radius 3 is 3.05 bits per heavy atom. The van der Waals surface area contributed by atoms with Crippen molar-refractivity contribution >= 4 is 5.91 Å². The summed E-state index contributed by atoms with van der Waals surface area (Å²) in [5.74, 6) is 1.63. The first kappa shape index (κ1) is 15.8. The highest BCUT2D eigenvalue weighted by Crippen LogP contribution is 2.15. The van der Waals surface area contributed by atoms with Gasteiger partial charge in [0.15, 0.2) is 0 Å². The minimum Gasteiger partial charge on any atom is -0.491 e. The second-order valence-electron chi connectivity index (χ2n) is 5.99. The van der Waals surface area contributed by atoms with Crippen LogP contribution in [0.4, 0.5) is 0 Å². The summed E-state index contributed by atoms with van der Waals surface area (Å²) >= 11 is 0. The molecule has 1 fully saturated rings. The topological polar surface area (TPSA) is 50.4 Å². The van der Waals surface area contributed by atoms with Gasteiger partial charge in [0.1, 0.15) is 5.75 Å². The van der Waals surface area contributed by atoms with E-state index in [-0.39, 0.29) is 12.0 Å². The first-order valence-corrected chi connectivity index (χ1v) is 7.86. The van der Waals surface area contributed by atoms with Gasteiger partial charge in [-0.2, -0.15) is 0 Å². The smallest absolute Gasteiger partial charge is 0.224 e. The minimum atomic E-state index is 0.0858. The molecule has 1 heterocycles. The average Bonchev–Trinajstić information content (AvgIpc) is 2.91. The molecule has 1 aliphatic rings. The number of benzene rings is 1. The van der Waals surface area contributed by atoms with Crippen molar-refractivity contribution in [3.63, 3.8) is 0 Å². The molecule has 116 valence electrons. The van der Waals surface area contributed by atoms with Crippen molar-refractivity contribution in [2.24, 2.45) is 5.92 Å². The van der Waals surface area contributed by atoms with Crippen molar-refractivity contribution in [3.8, 4) is 5.75 Å². The van der Waals surface area contributed by atoms with Crippen LogP contribution in [0.3, 0.4) is 0 Å². The van der Waals surface area contributed by atoms with Crippen molar-refractivity contribution in [1.82, 2.24) is 10.6 Å². The summed E-state index contributed by atoms with van der Waals surface area (Å²) in [5, 5.41) is 6.36. The molecule has 21 heavy (non-hydrogen) atoms. The molecule has 0 spiro atoms. The molecule has 0 radical (unpaired) electrons. The van der Waals surface area contributed by atoms with E-state index >= 15 is 0 Å². The van der Waals surface area contributed by atoms with Crippen LogP contribution in [0.25, 0.3) is 0 Å². The second-order valence-corrected chi connectivity index (χ2v) is 5.99. The van der Waals surface area contributed by atoms with Gasteiger partial charge in [0.25, 0.3) is 0 Å². The Labute approximate surface area is 127 Å². The van der Waals surface area contributed by atoms with Crippen molar-refractivity contribution in [2.75, 3.05) is 19.6 Å². The summed E-state index contributed by atoms with van der Waals surface area (Å²) < 4.78 is 5.65. The van der Waals surface area contributed by atoms with E-state index in [0.29, 0.717) is 12.3 Å². The lowest BCUT2D eigenvalue weighted by Crippen LogP contribution is -2.27. The number of nitrogens with one attached hydrogen (secondary N) is 2. The highest BCUT2D eigenvalue weighted by Gasteiger charge is 2.14. The molecule has 1 aromatic rings. The number of hydrogen-bond acceptors (Lipinski definition) is 3. The molecule has 0 aliphatic carbocycles. The number of rotatable bonds is 7. The third-order valence-electron chi connectivity index (χ3n) is 3.67. The number of amides is 1. The highest BCUT2D eigenvalue weighted by molar-refractivity contribution is 5.78. The first-order valence-electron chi connectivity index (χ1n) is 7.86. The Bertz CT molecular complexity index is 454. The zero-order valence-corrected chi connectivity index (χ0v) is 13.0. The van der Waals surface area contributed by atoms with Crippen LogP contribution in [-0.4, -0.2) is 31.6 Å². The van der Waals surface area contributed by atoms with Gasteiger partial charge in [-0.1, -0.05) is 12.1 Å². The maximum Gasteiger partial charge on any atom is 0.224 e. The fourth-order valence-corrected chi connectivity index (χ4v) is 2.63. The van der Waals surface area contributed by atoms with Crippen LogP contribution < -0.4 is 15.4 Å². The van der Waals surface area contributed by atoms with Crippen LogP contribution in [0.15, 0.2) is 24.3 Å². The van der Waals surface area contributed by atoms with E-state index in [1.807, 2.05) is 38.1 Å². The molecule has 0 aromatic heterocycles. The van der Waals surface area contributed by atoms with E-state index in [1.165, 1.54) is 6.42 Å². The van der Waals surface area contributed by atoms with Crippen LogP contribution in [-0.2, 0) is 11.2 Å². The third-order valence-corrected chi connectivity index (χ3v) is 3.67. The van der Waals surface area contributed by atoms with Crippen molar-refractivity contribution < 1.29 is 9.53 Å². The van der Waals surface area contributed by atoms with Crippen LogP contribution in [0.2, 0.25) is 0 Å². The van der Waals surface area contributed by atoms with Crippen molar-refractivity contribution in [2.45, 2.75) is 39.2 Å². The molecule has 1 aromatic carbocycles. The second kappa shape index (κ2) is 8.03. The van der Waals surface area contributed by atoms with Gasteiger partial charge in [-0.3, -0.25) is 4.79 Å². The Kier molecular flexibility index (Phi) is 6.05. The SMILES string of the molecule is CC(C)Oc1cccc(CC(=O)NCCC2CCNC2)c1. The van der Waals surface area contributed by atoms with Gasteiger partial charge in [0, 0.05) is 6.54 Å². The lowest BCUT2D eigenvalue weighted by Gasteiger charge is -2.11. The monoisotopic (exact) mass is 290 g/mol. The van der Waals surface area contributed by atoms with E-state index in [9.17, 15) is 4.79 Å². The highest BCUT2D eigenvalue weighted by atomic mass is 16.5. The number of carbonyl (C=O) groups excluding carboxylic acids is 1. The summed E-state index contributed by atoms with van der Waals surface area (Å²) in [6, 6.07) is 7.77. The standard InChI is InChI=1S/C17H26N2O2/c1-13(2)21-16-5-3-4-15(10-16)11-17(20)19-9-7-14-6-8-18-12-14/h3-5,10,13-14,18H,6-9,11-12H2,1-2H3,(H,19,20). The molecule has 1 unspecified atom stereocenters. The largest absolute Gasteiger partial charge is 0.491 e. The molecule has 4 nitrogen and oxygen atoms in total. The summed E-state index contributed by atoms with van der Waals surface area (Å²) in [7, 11) is 0. The molecule has 1 atom stereocenters. The Balaban J connectivity index is 1.73. The predicted molar refractivity (Wildman–Crippen MR) is 84.5 cm³/mol. The molecule has 4 heteroatoms. The van der Waals surface area contributed by atoms with Gasteiger partial charge in [0.2, 0.25) is 5.91 Å². The van der Waals surface area contributed by atoms with Crippen LogP contribution >= 0.6 is 0 Å². The lowest BCUT2D eigenvalue weighted by molar-refractivity contribution is -0.120. The summed E-state index contributed by atoms with van der Waals surface area (Å²) in [4.78, 5) is 12.0. The molecule has 1 saturated heterocycles. The van der Waals surface area contributed by atoms with Crippen molar-refractivity contribution in [3.05, 3.63) is 29.8 Å². The van der Waals surface area contributed by atoms with Gasteiger partial charge in [-0.25, -0.2) is 0 Å². The quantitative estimate of drug-likeness (QED) is 0.809. The maximum atomic E-state index is 12.0. The van der Waals surface area contributed by atoms with Crippen molar-refractivity contribution in [1.29, 1.82) is 0 Å². The Hall–Kier alpha value is -1.55. The molecule has 2 N–H and O–H groups in total. The lowest BCUT2D eigenvalue weighted by atomic mass is 10.1. The summed E-state index contributed by atoms with van der Waals surface area (Å²) in [5.41, 5.74) is 0.994. The first-order chi connectivity index (χ1) is 10.1. The maximum absolute atomic E-state index is 12.0. The normalized spacial score (nSPS) is 18.0. The van der Waals surface area contributed by atoms with E-state index in [4.69, 9.17) is 4.74 Å². The third kappa shape index (κ3) is 5.76. The van der Waals surface area contributed by atoms with Gasteiger partial charge in [-0.15, -0.1) is 0 Å². The molecular formula is C17H26N2O2. The molecule has 0 bridgehead atoms. The van der Waals surface area contributed by atoms with Crippen LogP contribution in [0, 0.1) is 5.92 Å². The predicted octanol–water partition coefficient (Wildman–Crippen LogP) is 2.13. The fraction of sp³-hybridized carbons (Fsp3) is 0.588. The molecule has 2 rings (SSSR count). The number of hydrogen-bond donors (Lipinski definition) is 2. The molecular weight excluding hydrogens is 264 g/mol. The van der Waals surface area contributed by atoms with E-state index in [0.717, 1.165) is 37.4 Å². The zero-order chi connectivity index (χ0) is 15.1. The van der Waals surface area contributed by atoms with Crippen LogP contribution in [0.5, 0.6) is 5.75 Å². The number of ether oxygens (including phenoxy) is 1. The molecule has 0 saturated carbocycles. The van der Waals surface area contributed by atoms with E-state index in [2.05, 4.69) is 10.6 Å². The van der Waals surface area contributed by atoms with Gasteiger partial charge < -0.3 is 15.4 Å². The molecule has 1 amide bonds. The number of carbonyl (C=O) groups is 1. The summed E-state index contributed by atoms with van der Waals surface area (Å²) in [6.07, 6.45) is 2.85. The van der Waals surface area contributed by atoms with Crippen LogP contribution in [0.1, 0.15) is 32.3 Å². The fourth-order valence-electron chi connectivity index (χ4n) is 2.63. The summed E-state index contributed by atoms with van der Waals surface area (Å²) in [6.45, 7) is 6.97. The van der Waals surface area contributed by atoms with E-state index in [1.54, 1.807) is 0 Å². The van der Waals surface area contributed by atoms with Gasteiger partial charge in [0.05, 0.1) is 12.5 Å². The Morgan fingerprint density at radius 1 is 1.48 bits per heavy atom. The van der Waals surface area contributed by atoms with Gasteiger partial charge in [-0.05, 0) is 63.4 Å². The molecule has 1 aliphatic heterocycles. The Morgan fingerprint density at radius 2 is 2.33 bits per heavy atom. The van der Waals surface area contributed by atoms with E-state index < -0.39 is 0 Å².